The lowest BCUT2D eigenvalue weighted by Gasteiger charge is -2.21. The Bertz CT molecular complexity index is 231. The summed E-state index contributed by atoms with van der Waals surface area (Å²) in [6, 6.07) is 11.5. The molecule has 1 N–H and O–H groups in total. The molecule has 0 unspecified atom stereocenters. The Morgan fingerprint density at radius 3 is 2.25 bits per heavy atom. The molecule has 1 aromatic carbocycles. The minimum atomic E-state index is -1.33. The number of benzene rings is 1. The fraction of sp³-hybridized carbons (Fsp3) is 0.400. The quantitative estimate of drug-likeness (QED) is 0.700. The summed E-state index contributed by atoms with van der Waals surface area (Å²) in [6.07, 6.45) is 0. The first-order valence-electron chi connectivity index (χ1n) is 4.33. The maximum absolute atomic E-state index is 8.90. The SMILES string of the molecule is C[Si](C)(CCO)c1ccccc1. The molecule has 1 nitrogen and oxygen atoms in total. The van der Waals surface area contributed by atoms with Gasteiger partial charge in [-0.15, -0.1) is 0 Å². The molecule has 1 aromatic rings. The Kier molecular flexibility index (Phi) is 3.06. The number of hydrogen-bond donors (Lipinski definition) is 1. The van der Waals surface area contributed by atoms with Crippen LogP contribution in [0.25, 0.3) is 0 Å². The summed E-state index contributed by atoms with van der Waals surface area (Å²) in [7, 11) is -1.33. The molecule has 0 amide bonds. The lowest BCUT2D eigenvalue weighted by molar-refractivity contribution is 0.317. The zero-order valence-corrected chi connectivity index (χ0v) is 8.75. The van der Waals surface area contributed by atoms with Crippen molar-refractivity contribution in [3.05, 3.63) is 30.3 Å². The molecule has 1 rings (SSSR count). The predicted molar refractivity (Wildman–Crippen MR) is 55.5 cm³/mol. The van der Waals surface area contributed by atoms with Crippen LogP contribution in [-0.4, -0.2) is 19.8 Å². The van der Waals surface area contributed by atoms with E-state index >= 15 is 0 Å². The third-order valence-electron chi connectivity index (χ3n) is 2.29. The van der Waals surface area contributed by atoms with Crippen molar-refractivity contribution in [3.8, 4) is 0 Å². The van der Waals surface area contributed by atoms with Crippen LogP contribution in [-0.2, 0) is 0 Å². The van der Waals surface area contributed by atoms with Crippen LogP contribution >= 0.6 is 0 Å². The van der Waals surface area contributed by atoms with Gasteiger partial charge in [-0.25, -0.2) is 0 Å². The van der Waals surface area contributed by atoms with Crippen LogP contribution in [0, 0.1) is 0 Å². The van der Waals surface area contributed by atoms with Gasteiger partial charge < -0.3 is 5.11 Å². The molecule has 0 fully saturated rings. The van der Waals surface area contributed by atoms with Gasteiger partial charge >= 0.3 is 0 Å². The maximum atomic E-state index is 8.90. The van der Waals surface area contributed by atoms with Gasteiger partial charge in [-0.05, 0) is 6.04 Å². The van der Waals surface area contributed by atoms with Gasteiger partial charge in [-0.3, -0.25) is 0 Å². The second kappa shape index (κ2) is 3.87. The number of rotatable bonds is 3. The standard InChI is InChI=1S/C10H16OSi/c1-12(2,9-8-11)10-6-4-3-5-7-10/h3-7,11H,8-9H2,1-2H3. The molecule has 0 heterocycles. The van der Waals surface area contributed by atoms with E-state index in [1.54, 1.807) is 0 Å². The average Bonchev–Trinajstić information content (AvgIpc) is 2.06. The molecule has 0 radical (unpaired) electrons. The molecule has 0 atom stereocenters. The number of aliphatic hydroxyl groups excluding tert-OH is 1. The second-order valence-electron chi connectivity index (χ2n) is 3.72. The van der Waals surface area contributed by atoms with Crippen molar-refractivity contribution in [3.63, 3.8) is 0 Å². The third kappa shape index (κ3) is 2.19. The molecule has 2 heteroatoms. The second-order valence-corrected chi connectivity index (χ2v) is 8.57. The van der Waals surface area contributed by atoms with E-state index in [-0.39, 0.29) is 0 Å². The summed E-state index contributed by atoms with van der Waals surface area (Å²) < 4.78 is 0. The molecule has 66 valence electrons. The highest BCUT2D eigenvalue weighted by molar-refractivity contribution is 6.89. The maximum Gasteiger partial charge on any atom is 0.0828 e. The van der Waals surface area contributed by atoms with Crippen molar-refractivity contribution in [2.24, 2.45) is 0 Å². The largest absolute Gasteiger partial charge is 0.397 e. The molecule has 0 saturated heterocycles. The predicted octanol–water partition coefficient (Wildman–Crippen LogP) is 1.59. The number of hydrogen-bond acceptors (Lipinski definition) is 1. The van der Waals surface area contributed by atoms with Gasteiger partial charge in [0, 0.05) is 6.61 Å². The Labute approximate surface area is 75.1 Å². The highest BCUT2D eigenvalue weighted by Gasteiger charge is 2.21. The van der Waals surface area contributed by atoms with E-state index in [1.165, 1.54) is 5.19 Å². The van der Waals surface area contributed by atoms with Crippen LogP contribution in [0.15, 0.2) is 30.3 Å². The van der Waals surface area contributed by atoms with Gasteiger partial charge in [-0.1, -0.05) is 48.6 Å². The van der Waals surface area contributed by atoms with E-state index in [9.17, 15) is 0 Å². The Balaban J connectivity index is 2.82. The highest BCUT2D eigenvalue weighted by Crippen LogP contribution is 2.08. The molecule has 0 aliphatic heterocycles. The monoisotopic (exact) mass is 180 g/mol. The molecule has 0 aliphatic carbocycles. The third-order valence-corrected chi connectivity index (χ3v) is 5.66. The first kappa shape index (κ1) is 9.48. The summed E-state index contributed by atoms with van der Waals surface area (Å²) in [6.45, 7) is 4.89. The Hall–Kier alpha value is -0.603. The van der Waals surface area contributed by atoms with E-state index in [2.05, 4.69) is 37.4 Å². The van der Waals surface area contributed by atoms with Crippen molar-refractivity contribution >= 4 is 13.3 Å². The normalized spacial score (nSPS) is 11.6. The lowest BCUT2D eigenvalue weighted by atomic mass is 10.4. The van der Waals surface area contributed by atoms with Gasteiger partial charge in [0.2, 0.25) is 0 Å². The lowest BCUT2D eigenvalue weighted by Crippen LogP contribution is -2.41. The Morgan fingerprint density at radius 1 is 1.17 bits per heavy atom. The average molecular weight is 180 g/mol. The fourth-order valence-corrected chi connectivity index (χ4v) is 3.26. The van der Waals surface area contributed by atoms with Crippen molar-refractivity contribution < 1.29 is 5.11 Å². The molecule has 12 heavy (non-hydrogen) atoms. The van der Waals surface area contributed by atoms with Crippen molar-refractivity contribution in [2.45, 2.75) is 19.1 Å². The van der Waals surface area contributed by atoms with E-state index in [0.29, 0.717) is 6.61 Å². The molecule has 0 spiro atoms. The van der Waals surface area contributed by atoms with E-state index in [0.717, 1.165) is 6.04 Å². The molecular weight excluding hydrogens is 164 g/mol. The van der Waals surface area contributed by atoms with Crippen molar-refractivity contribution in [2.75, 3.05) is 6.61 Å². The van der Waals surface area contributed by atoms with E-state index < -0.39 is 8.07 Å². The first-order valence-corrected chi connectivity index (χ1v) is 7.54. The first-order chi connectivity index (χ1) is 5.67. The van der Waals surface area contributed by atoms with E-state index in [1.807, 2.05) is 6.07 Å². The minimum absolute atomic E-state index is 0.314. The van der Waals surface area contributed by atoms with Crippen LogP contribution in [0.1, 0.15) is 0 Å². The summed E-state index contributed by atoms with van der Waals surface area (Å²) in [5.74, 6) is 0. The molecule has 0 bridgehead atoms. The van der Waals surface area contributed by atoms with Crippen LogP contribution in [0.2, 0.25) is 19.1 Å². The summed E-state index contributed by atoms with van der Waals surface area (Å²) in [5.41, 5.74) is 0. The van der Waals surface area contributed by atoms with Crippen LogP contribution in [0.3, 0.4) is 0 Å². The van der Waals surface area contributed by atoms with Crippen molar-refractivity contribution in [1.29, 1.82) is 0 Å². The van der Waals surface area contributed by atoms with Gasteiger partial charge in [-0.2, -0.15) is 0 Å². The summed E-state index contributed by atoms with van der Waals surface area (Å²) in [4.78, 5) is 0. The van der Waals surface area contributed by atoms with E-state index in [4.69, 9.17) is 5.11 Å². The Morgan fingerprint density at radius 2 is 1.75 bits per heavy atom. The smallest absolute Gasteiger partial charge is 0.0828 e. The minimum Gasteiger partial charge on any atom is -0.397 e. The van der Waals surface area contributed by atoms with Gasteiger partial charge in [0.25, 0.3) is 0 Å². The molecular formula is C10H16OSi. The van der Waals surface area contributed by atoms with Gasteiger partial charge in [0.05, 0.1) is 8.07 Å². The van der Waals surface area contributed by atoms with Crippen LogP contribution in [0.4, 0.5) is 0 Å². The fourth-order valence-electron chi connectivity index (χ4n) is 1.31. The highest BCUT2D eigenvalue weighted by atomic mass is 28.3. The molecule has 0 aromatic heterocycles. The molecule has 0 saturated carbocycles. The van der Waals surface area contributed by atoms with Crippen LogP contribution < -0.4 is 5.19 Å². The summed E-state index contributed by atoms with van der Waals surface area (Å²) in [5, 5.41) is 10.3. The van der Waals surface area contributed by atoms with Gasteiger partial charge in [0.15, 0.2) is 0 Å². The van der Waals surface area contributed by atoms with Crippen LogP contribution in [0.5, 0.6) is 0 Å². The zero-order chi connectivity index (χ0) is 9.03. The van der Waals surface area contributed by atoms with Gasteiger partial charge in [0.1, 0.15) is 0 Å². The summed E-state index contributed by atoms with van der Waals surface area (Å²) >= 11 is 0. The topological polar surface area (TPSA) is 20.2 Å². The number of aliphatic hydroxyl groups is 1. The van der Waals surface area contributed by atoms with Crippen molar-refractivity contribution in [1.82, 2.24) is 0 Å². The molecule has 0 aliphatic rings. The zero-order valence-electron chi connectivity index (χ0n) is 7.75.